The van der Waals surface area contributed by atoms with Gasteiger partial charge >= 0.3 is 0 Å². The van der Waals surface area contributed by atoms with Crippen LogP contribution in [0, 0.1) is 5.92 Å². The van der Waals surface area contributed by atoms with Crippen molar-refractivity contribution in [3.05, 3.63) is 0 Å². The molecule has 0 spiro atoms. The van der Waals surface area contributed by atoms with E-state index in [-0.39, 0.29) is 8.81 Å². The molecule has 0 aliphatic rings. The molecule has 0 rings (SSSR count). The average molecular weight is 154 g/mol. The molecule has 1 unspecified atom stereocenters. The van der Waals surface area contributed by atoms with Crippen molar-refractivity contribution in [2.75, 3.05) is 6.16 Å². The summed E-state index contributed by atoms with van der Waals surface area (Å²) in [5.41, 5.74) is 0. The zero-order chi connectivity index (χ0) is 7.11. The van der Waals surface area contributed by atoms with Crippen LogP contribution in [0.3, 0.4) is 0 Å². The summed E-state index contributed by atoms with van der Waals surface area (Å²) >= 11 is 0. The largest absolute Gasteiger partial charge is 0.219 e. The second kappa shape index (κ2) is 6.39. The van der Waals surface area contributed by atoms with E-state index < -0.39 is 0 Å². The molecule has 0 bridgehead atoms. The van der Waals surface area contributed by atoms with Crippen LogP contribution in [0.4, 0.5) is 0 Å². The number of hydrogen-bond donors (Lipinski definition) is 1. The van der Waals surface area contributed by atoms with Crippen molar-refractivity contribution in [3.8, 4) is 0 Å². The van der Waals surface area contributed by atoms with E-state index in [1.54, 1.807) is 0 Å². The lowest BCUT2D eigenvalue weighted by molar-refractivity contribution is -0.593. The van der Waals surface area contributed by atoms with Gasteiger partial charge in [-0.05, 0) is 22.2 Å². The molecule has 56 valence electrons. The lowest BCUT2D eigenvalue weighted by Crippen LogP contribution is -1.90. The van der Waals surface area contributed by atoms with Crippen molar-refractivity contribution in [2.45, 2.75) is 13.8 Å². The van der Waals surface area contributed by atoms with Crippen molar-refractivity contribution in [2.24, 2.45) is 5.92 Å². The van der Waals surface area contributed by atoms with E-state index in [2.05, 4.69) is 28.6 Å². The fourth-order valence-corrected chi connectivity index (χ4v) is 0.720. The topological polar surface area (TPSA) is 47.9 Å². The zero-order valence-corrected chi connectivity index (χ0v) is 6.46. The van der Waals surface area contributed by atoms with Gasteiger partial charge in [-0.25, -0.2) is 5.26 Å². The second-order valence-corrected chi connectivity index (χ2v) is 2.83. The van der Waals surface area contributed by atoms with Gasteiger partial charge in [-0.3, -0.25) is 0 Å². The minimum absolute atomic E-state index is 0.212. The zero-order valence-electron chi connectivity index (χ0n) is 5.46. The number of rotatable bonds is 5. The van der Waals surface area contributed by atoms with Gasteiger partial charge in [0.1, 0.15) is 0 Å². The molecule has 0 radical (unpaired) electrons. The van der Waals surface area contributed by atoms with E-state index in [4.69, 9.17) is 5.26 Å². The molecule has 0 amide bonds. The van der Waals surface area contributed by atoms with Crippen LogP contribution in [-0.4, -0.2) is 11.4 Å². The van der Waals surface area contributed by atoms with Crippen LogP contribution in [0.2, 0.25) is 0 Å². The fraction of sp³-hybridized carbons (Fsp3) is 1.00. The van der Waals surface area contributed by atoms with E-state index in [0.717, 1.165) is 6.16 Å². The van der Waals surface area contributed by atoms with E-state index in [0.29, 0.717) is 5.92 Å². The van der Waals surface area contributed by atoms with Gasteiger partial charge < -0.3 is 0 Å². The molecule has 0 aromatic carbocycles. The fourth-order valence-electron chi connectivity index (χ4n) is 0.240. The highest BCUT2D eigenvalue weighted by molar-refractivity contribution is 7.32. The first-order chi connectivity index (χ1) is 4.27. The Hall–Kier alpha value is 0.270. The van der Waals surface area contributed by atoms with Gasteiger partial charge in [0.05, 0.1) is 8.81 Å². The Morgan fingerprint density at radius 3 is 2.67 bits per heavy atom. The molecule has 0 heterocycles. The van der Waals surface area contributed by atoms with Crippen LogP contribution in [-0.2, 0) is 14.8 Å². The smallest absolute Gasteiger partial charge is 0.0604 e. The van der Waals surface area contributed by atoms with Gasteiger partial charge in [0.2, 0.25) is 0 Å². The van der Waals surface area contributed by atoms with E-state index in [9.17, 15) is 0 Å². The van der Waals surface area contributed by atoms with Crippen molar-refractivity contribution in [3.63, 3.8) is 0 Å². The average Bonchev–Trinajstić information content (AvgIpc) is 1.80. The summed E-state index contributed by atoms with van der Waals surface area (Å²) in [6, 6.07) is 0. The molecule has 0 aliphatic carbocycles. The summed E-state index contributed by atoms with van der Waals surface area (Å²) in [6.45, 7) is 4.13. The van der Waals surface area contributed by atoms with Crippen LogP contribution in [0.1, 0.15) is 13.8 Å². The molecule has 0 saturated heterocycles. The Balaban J connectivity index is 2.75. The summed E-state index contributed by atoms with van der Waals surface area (Å²) in [4.78, 5) is 0. The van der Waals surface area contributed by atoms with Gasteiger partial charge in [0.25, 0.3) is 0 Å². The minimum atomic E-state index is 0.212. The van der Waals surface area contributed by atoms with Crippen LogP contribution >= 0.6 is 8.81 Å². The molecular formula is C4H11O4P. The molecule has 9 heavy (non-hydrogen) atoms. The molecule has 1 N–H and O–H groups in total. The Labute approximate surface area is 55.8 Å². The lowest BCUT2D eigenvalue weighted by Gasteiger charge is -2.00. The van der Waals surface area contributed by atoms with Gasteiger partial charge in [0.15, 0.2) is 0 Å². The van der Waals surface area contributed by atoms with Gasteiger partial charge in [-0.1, -0.05) is 13.8 Å². The predicted octanol–water partition coefficient (Wildman–Crippen LogP) is 1.59. The maximum Gasteiger partial charge on any atom is 0.0604 e. The Morgan fingerprint density at radius 1 is 1.56 bits per heavy atom. The first-order valence-electron chi connectivity index (χ1n) is 2.64. The molecule has 0 aliphatic heterocycles. The minimum Gasteiger partial charge on any atom is -0.219 e. The third kappa shape index (κ3) is 8.27. The summed E-state index contributed by atoms with van der Waals surface area (Å²) in [5, 5.41) is 14.5. The maximum absolute atomic E-state index is 7.59. The molecule has 0 aromatic heterocycles. The number of hydrogen-bond acceptors (Lipinski definition) is 4. The molecule has 0 aromatic rings. The SMILES string of the molecule is CC(C)CPOOOO. The van der Waals surface area contributed by atoms with Crippen LogP contribution in [0.15, 0.2) is 0 Å². The molecule has 4 nitrogen and oxygen atoms in total. The summed E-state index contributed by atoms with van der Waals surface area (Å²) in [6.07, 6.45) is 0.906. The van der Waals surface area contributed by atoms with E-state index in [1.165, 1.54) is 0 Å². The van der Waals surface area contributed by atoms with Gasteiger partial charge in [-0.15, -0.1) is 0 Å². The monoisotopic (exact) mass is 154 g/mol. The third-order valence-electron chi connectivity index (χ3n) is 0.615. The molecular weight excluding hydrogens is 143 g/mol. The second-order valence-electron chi connectivity index (χ2n) is 1.97. The predicted molar refractivity (Wildman–Crippen MR) is 33.9 cm³/mol. The summed E-state index contributed by atoms with van der Waals surface area (Å²) < 4.78 is 4.35. The quantitative estimate of drug-likeness (QED) is 0.282. The van der Waals surface area contributed by atoms with Crippen LogP contribution in [0.5, 0.6) is 0 Å². The molecule has 0 fully saturated rings. The molecule has 0 saturated carbocycles. The highest BCUT2D eigenvalue weighted by atomic mass is 31.1. The molecule has 5 heteroatoms. The summed E-state index contributed by atoms with van der Waals surface area (Å²) in [7, 11) is 0.212. The highest BCUT2D eigenvalue weighted by Gasteiger charge is 1.93. The lowest BCUT2D eigenvalue weighted by atomic mass is 10.3. The van der Waals surface area contributed by atoms with Crippen LogP contribution in [0.25, 0.3) is 0 Å². The normalized spacial score (nSPS) is 12.0. The van der Waals surface area contributed by atoms with Crippen LogP contribution < -0.4 is 0 Å². The van der Waals surface area contributed by atoms with E-state index in [1.807, 2.05) is 0 Å². The maximum atomic E-state index is 7.59. The highest BCUT2D eigenvalue weighted by Crippen LogP contribution is 2.15. The van der Waals surface area contributed by atoms with Crippen molar-refractivity contribution < 1.29 is 20.0 Å². The van der Waals surface area contributed by atoms with Crippen molar-refractivity contribution in [1.82, 2.24) is 0 Å². The Morgan fingerprint density at radius 2 is 2.22 bits per heavy atom. The first-order valence-corrected chi connectivity index (χ1v) is 3.75. The van der Waals surface area contributed by atoms with E-state index >= 15 is 0 Å². The van der Waals surface area contributed by atoms with Crippen molar-refractivity contribution >= 4 is 8.81 Å². The standard InChI is InChI=1S/C4H11O4P/c1-4(2)3-9-8-7-6-5/h4-5,9H,3H2,1-2H3. The first kappa shape index (κ1) is 9.27. The third-order valence-corrected chi connectivity index (χ3v) is 1.78. The Kier molecular flexibility index (Phi) is 6.58. The molecule has 1 atom stereocenters. The van der Waals surface area contributed by atoms with Crippen molar-refractivity contribution in [1.29, 1.82) is 0 Å². The summed E-state index contributed by atoms with van der Waals surface area (Å²) in [5.74, 6) is 0.575. The van der Waals surface area contributed by atoms with Gasteiger partial charge in [-0.2, -0.15) is 4.67 Å². The van der Waals surface area contributed by atoms with Gasteiger partial charge in [0, 0.05) is 0 Å². The Bertz CT molecular complexity index is 58.5.